The molecule has 1 aromatic rings. The molecule has 0 bridgehead atoms. The molecule has 0 aromatic carbocycles. The smallest absolute Gasteiger partial charge is 0.198 e. The third-order valence-corrected chi connectivity index (χ3v) is 2.65. The fourth-order valence-electron chi connectivity index (χ4n) is 1.84. The summed E-state index contributed by atoms with van der Waals surface area (Å²) < 4.78 is 0.588. The van der Waals surface area contributed by atoms with Crippen molar-refractivity contribution in [1.82, 2.24) is 9.97 Å². The Bertz CT molecular complexity index is 349. The fourth-order valence-corrected chi connectivity index (χ4v) is 2.05. The summed E-state index contributed by atoms with van der Waals surface area (Å²) in [4.78, 5) is 7.42. The van der Waals surface area contributed by atoms with Crippen molar-refractivity contribution in [3.8, 4) is 0 Å². The van der Waals surface area contributed by atoms with Crippen LogP contribution in [-0.4, -0.2) is 17.0 Å². The Balaban J connectivity index is 2.57. The molecule has 0 fully saturated rings. The molecular weight excluding hydrogens is 182 g/mol. The lowest BCUT2D eigenvalue weighted by Gasteiger charge is -2.17. The van der Waals surface area contributed by atoms with Crippen LogP contribution in [0.1, 0.15) is 24.1 Å². The molecule has 2 rings (SSSR count). The van der Waals surface area contributed by atoms with Gasteiger partial charge in [-0.25, -0.2) is 4.98 Å². The molecule has 0 amide bonds. The first-order valence-corrected chi connectivity index (χ1v) is 5.02. The highest BCUT2D eigenvalue weighted by Crippen LogP contribution is 2.24. The Kier molecular flexibility index (Phi) is 2.31. The predicted octanol–water partition coefficient (Wildman–Crippen LogP) is 2.06. The number of H-pyrrole nitrogens is 1. The number of fused-ring (bicyclic) bond motifs is 1. The highest BCUT2D eigenvalue weighted by atomic mass is 32.1. The summed E-state index contributed by atoms with van der Waals surface area (Å²) in [6.07, 6.45) is 4.74. The van der Waals surface area contributed by atoms with E-state index >= 15 is 0 Å². The number of aryl methyl sites for hydroxylation is 1. The van der Waals surface area contributed by atoms with E-state index in [-0.39, 0.29) is 0 Å². The summed E-state index contributed by atoms with van der Waals surface area (Å²) in [5.74, 6) is 0.957. The van der Waals surface area contributed by atoms with Crippen molar-refractivity contribution >= 4 is 18.0 Å². The van der Waals surface area contributed by atoms with Gasteiger partial charge in [-0.2, -0.15) is 0 Å². The average Bonchev–Trinajstić information content (AvgIpc) is 2.16. The van der Waals surface area contributed by atoms with E-state index < -0.39 is 0 Å². The maximum atomic E-state index is 5.04. The Morgan fingerprint density at radius 3 is 2.92 bits per heavy atom. The molecule has 4 heteroatoms. The Hall–Kier alpha value is -0.900. The van der Waals surface area contributed by atoms with E-state index in [1.807, 2.05) is 7.05 Å². The van der Waals surface area contributed by atoms with Crippen LogP contribution >= 0.6 is 12.2 Å². The van der Waals surface area contributed by atoms with Crippen molar-refractivity contribution in [2.24, 2.45) is 0 Å². The van der Waals surface area contributed by atoms with Gasteiger partial charge in [0.15, 0.2) is 4.77 Å². The van der Waals surface area contributed by atoms with Gasteiger partial charge in [0.1, 0.15) is 5.82 Å². The highest BCUT2D eigenvalue weighted by Gasteiger charge is 2.13. The largest absolute Gasteiger partial charge is 0.373 e. The van der Waals surface area contributed by atoms with Crippen LogP contribution in [0.15, 0.2) is 0 Å². The molecule has 70 valence electrons. The standard InChI is InChI=1S/C9H13N3S/c1-10-8-6-4-2-3-5-7(6)11-9(13)12-8/h2-5H2,1H3,(H2,10,11,12,13). The van der Waals surface area contributed by atoms with Gasteiger partial charge in [0.05, 0.1) is 0 Å². The summed E-state index contributed by atoms with van der Waals surface area (Å²) in [6.45, 7) is 0. The van der Waals surface area contributed by atoms with E-state index in [0.29, 0.717) is 4.77 Å². The molecule has 2 N–H and O–H groups in total. The lowest BCUT2D eigenvalue weighted by molar-refractivity contribution is 0.662. The number of aromatic nitrogens is 2. The molecule has 0 atom stereocenters. The van der Waals surface area contributed by atoms with Crippen LogP contribution in [-0.2, 0) is 12.8 Å². The van der Waals surface area contributed by atoms with Crippen LogP contribution in [0.25, 0.3) is 0 Å². The van der Waals surface area contributed by atoms with E-state index in [1.165, 1.54) is 24.1 Å². The van der Waals surface area contributed by atoms with Crippen LogP contribution in [0.5, 0.6) is 0 Å². The predicted molar refractivity (Wildman–Crippen MR) is 55.6 cm³/mol. The van der Waals surface area contributed by atoms with Crippen LogP contribution in [0.2, 0.25) is 0 Å². The molecule has 0 saturated heterocycles. The van der Waals surface area contributed by atoms with E-state index in [9.17, 15) is 0 Å². The highest BCUT2D eigenvalue weighted by molar-refractivity contribution is 7.71. The summed E-state index contributed by atoms with van der Waals surface area (Å²) in [7, 11) is 1.89. The normalized spacial score (nSPS) is 15.2. The summed E-state index contributed by atoms with van der Waals surface area (Å²) >= 11 is 5.04. The Morgan fingerprint density at radius 2 is 2.15 bits per heavy atom. The van der Waals surface area contributed by atoms with Gasteiger partial charge in [0.25, 0.3) is 0 Å². The first-order valence-electron chi connectivity index (χ1n) is 4.61. The van der Waals surface area contributed by atoms with E-state index in [1.54, 1.807) is 0 Å². The molecule has 3 nitrogen and oxygen atoms in total. The second kappa shape index (κ2) is 3.46. The zero-order valence-electron chi connectivity index (χ0n) is 7.68. The van der Waals surface area contributed by atoms with E-state index in [0.717, 1.165) is 18.7 Å². The maximum absolute atomic E-state index is 5.04. The van der Waals surface area contributed by atoms with Gasteiger partial charge < -0.3 is 10.3 Å². The summed E-state index contributed by atoms with van der Waals surface area (Å²) in [5, 5.41) is 3.10. The summed E-state index contributed by atoms with van der Waals surface area (Å²) in [6, 6.07) is 0. The van der Waals surface area contributed by atoms with Gasteiger partial charge in [-0.05, 0) is 37.9 Å². The Morgan fingerprint density at radius 1 is 1.38 bits per heavy atom. The van der Waals surface area contributed by atoms with Gasteiger partial charge in [-0.15, -0.1) is 0 Å². The lowest BCUT2D eigenvalue weighted by atomic mass is 9.96. The number of rotatable bonds is 1. The van der Waals surface area contributed by atoms with Crippen LogP contribution < -0.4 is 5.32 Å². The SMILES string of the molecule is CNc1nc(=S)[nH]c2c1CCCC2. The van der Waals surface area contributed by atoms with Crippen molar-refractivity contribution < 1.29 is 0 Å². The van der Waals surface area contributed by atoms with E-state index in [4.69, 9.17) is 12.2 Å². The van der Waals surface area contributed by atoms with Gasteiger partial charge in [0.2, 0.25) is 0 Å². The minimum absolute atomic E-state index is 0.588. The zero-order chi connectivity index (χ0) is 9.26. The topological polar surface area (TPSA) is 40.7 Å². The molecule has 0 aliphatic heterocycles. The first kappa shape index (κ1) is 8.69. The molecule has 1 aromatic heterocycles. The number of aromatic amines is 1. The van der Waals surface area contributed by atoms with Gasteiger partial charge in [0, 0.05) is 18.3 Å². The third-order valence-electron chi connectivity index (χ3n) is 2.46. The number of nitrogens with zero attached hydrogens (tertiary/aromatic N) is 1. The Labute approximate surface area is 82.6 Å². The summed E-state index contributed by atoms with van der Waals surface area (Å²) in [5.41, 5.74) is 2.60. The lowest BCUT2D eigenvalue weighted by Crippen LogP contribution is -2.10. The maximum Gasteiger partial charge on any atom is 0.198 e. The van der Waals surface area contributed by atoms with Gasteiger partial charge in [-0.3, -0.25) is 0 Å². The molecule has 0 radical (unpaired) electrons. The molecule has 0 spiro atoms. The molecular formula is C9H13N3S. The number of hydrogen-bond acceptors (Lipinski definition) is 3. The van der Waals surface area contributed by atoms with E-state index in [2.05, 4.69) is 15.3 Å². The van der Waals surface area contributed by atoms with Crippen molar-refractivity contribution in [1.29, 1.82) is 0 Å². The first-order chi connectivity index (χ1) is 6.31. The van der Waals surface area contributed by atoms with Crippen LogP contribution in [0.4, 0.5) is 5.82 Å². The molecule has 0 unspecified atom stereocenters. The number of anilines is 1. The molecule has 1 aliphatic carbocycles. The zero-order valence-corrected chi connectivity index (χ0v) is 8.50. The monoisotopic (exact) mass is 195 g/mol. The number of hydrogen-bond donors (Lipinski definition) is 2. The van der Waals surface area contributed by atoms with Crippen LogP contribution in [0, 0.1) is 4.77 Å². The second-order valence-corrected chi connectivity index (χ2v) is 3.69. The van der Waals surface area contributed by atoms with Crippen molar-refractivity contribution in [2.75, 3.05) is 12.4 Å². The van der Waals surface area contributed by atoms with Crippen molar-refractivity contribution in [3.05, 3.63) is 16.0 Å². The molecule has 0 saturated carbocycles. The average molecular weight is 195 g/mol. The minimum Gasteiger partial charge on any atom is -0.373 e. The van der Waals surface area contributed by atoms with Crippen LogP contribution in [0.3, 0.4) is 0 Å². The van der Waals surface area contributed by atoms with Gasteiger partial charge >= 0.3 is 0 Å². The molecule has 1 aliphatic rings. The number of nitrogens with one attached hydrogen (secondary N) is 2. The molecule has 1 heterocycles. The third kappa shape index (κ3) is 1.58. The fraction of sp³-hybridized carbons (Fsp3) is 0.556. The van der Waals surface area contributed by atoms with Gasteiger partial charge in [-0.1, -0.05) is 0 Å². The second-order valence-electron chi connectivity index (χ2n) is 3.30. The quantitative estimate of drug-likeness (QED) is 0.674. The van der Waals surface area contributed by atoms with Crippen molar-refractivity contribution in [2.45, 2.75) is 25.7 Å². The minimum atomic E-state index is 0.588. The molecule has 13 heavy (non-hydrogen) atoms. The van der Waals surface area contributed by atoms with Crippen molar-refractivity contribution in [3.63, 3.8) is 0 Å².